The number of pyridine rings is 1. The van der Waals surface area contributed by atoms with Crippen molar-refractivity contribution in [3.05, 3.63) is 35.4 Å². The fourth-order valence-electron chi connectivity index (χ4n) is 4.65. The van der Waals surface area contributed by atoms with Crippen LogP contribution in [0.4, 0.5) is 5.82 Å². The van der Waals surface area contributed by atoms with E-state index in [9.17, 15) is 8.42 Å². The van der Waals surface area contributed by atoms with Crippen molar-refractivity contribution >= 4 is 27.4 Å². The van der Waals surface area contributed by atoms with Crippen LogP contribution in [0.25, 0.3) is 11.3 Å². The van der Waals surface area contributed by atoms with E-state index in [1.807, 2.05) is 6.07 Å². The third-order valence-corrected chi connectivity index (χ3v) is 7.52. The molecule has 0 bridgehead atoms. The van der Waals surface area contributed by atoms with Gasteiger partial charge in [-0.3, -0.25) is 9.97 Å². The van der Waals surface area contributed by atoms with Crippen molar-refractivity contribution in [2.24, 2.45) is 11.8 Å². The van der Waals surface area contributed by atoms with Crippen LogP contribution in [-0.2, 0) is 21.2 Å². The largest absolute Gasteiger partial charge is 0.381 e. The molecule has 3 heterocycles. The summed E-state index contributed by atoms with van der Waals surface area (Å²) in [5.74, 6) is 1.80. The van der Waals surface area contributed by atoms with Crippen molar-refractivity contribution in [3.8, 4) is 11.3 Å². The van der Waals surface area contributed by atoms with Gasteiger partial charge in [0.25, 0.3) is 0 Å². The zero-order valence-corrected chi connectivity index (χ0v) is 20.5. The second-order valence-corrected chi connectivity index (χ2v) is 11.4. The molecule has 0 atom stereocenters. The Hall–Kier alpha value is -1.81. The molecule has 0 aromatic carbocycles. The fraction of sp³-hybridized carbons (Fsp3) is 0.609. The number of ether oxygens (including phenoxy) is 1. The summed E-state index contributed by atoms with van der Waals surface area (Å²) >= 11 is 6.48. The third kappa shape index (κ3) is 7.34. The molecule has 0 unspecified atom stereocenters. The number of hydrogen-bond donors (Lipinski definition) is 2. The summed E-state index contributed by atoms with van der Waals surface area (Å²) < 4.78 is 31.1. The van der Waals surface area contributed by atoms with Crippen LogP contribution < -0.4 is 10.0 Å². The summed E-state index contributed by atoms with van der Waals surface area (Å²) in [5, 5.41) is 3.96. The molecule has 1 saturated carbocycles. The fourth-order valence-corrected chi connectivity index (χ4v) is 5.69. The van der Waals surface area contributed by atoms with Crippen LogP contribution in [0.15, 0.2) is 24.7 Å². The SMILES string of the molecule is CS(=O)(=O)NC1CCC(Cc2cc(-c3cncc(NCC4CCOCC4)n3)c(Cl)cn2)CC1. The molecule has 2 aromatic rings. The summed E-state index contributed by atoms with van der Waals surface area (Å²) in [5.41, 5.74) is 2.52. The second kappa shape index (κ2) is 11.1. The predicted octanol–water partition coefficient (Wildman–Crippen LogP) is 3.68. The highest BCUT2D eigenvalue weighted by Gasteiger charge is 2.24. The van der Waals surface area contributed by atoms with Crippen molar-refractivity contribution in [1.82, 2.24) is 19.7 Å². The Kier molecular flexibility index (Phi) is 8.16. The number of halogens is 1. The lowest BCUT2D eigenvalue weighted by atomic mass is 9.83. The van der Waals surface area contributed by atoms with Gasteiger partial charge in [-0.25, -0.2) is 18.1 Å². The molecule has 1 aliphatic carbocycles. The van der Waals surface area contributed by atoms with Crippen molar-refractivity contribution in [3.63, 3.8) is 0 Å². The zero-order valence-electron chi connectivity index (χ0n) is 19.0. The molecule has 0 radical (unpaired) electrons. The molecule has 180 valence electrons. The molecule has 1 saturated heterocycles. The topological polar surface area (TPSA) is 106 Å². The molecule has 2 N–H and O–H groups in total. The number of anilines is 1. The average molecular weight is 494 g/mol. The van der Waals surface area contributed by atoms with E-state index < -0.39 is 10.0 Å². The maximum Gasteiger partial charge on any atom is 0.208 e. The minimum atomic E-state index is -3.16. The zero-order chi connectivity index (χ0) is 23.3. The Labute approximate surface area is 201 Å². The Morgan fingerprint density at radius 1 is 1.06 bits per heavy atom. The number of nitrogens with one attached hydrogen (secondary N) is 2. The van der Waals surface area contributed by atoms with Crippen molar-refractivity contribution in [2.45, 2.75) is 51.0 Å². The van der Waals surface area contributed by atoms with Crippen LogP contribution in [0.3, 0.4) is 0 Å². The van der Waals surface area contributed by atoms with E-state index in [4.69, 9.17) is 21.3 Å². The van der Waals surface area contributed by atoms with E-state index in [1.54, 1.807) is 18.6 Å². The van der Waals surface area contributed by atoms with E-state index in [2.05, 4.69) is 20.0 Å². The molecular weight excluding hydrogens is 462 g/mol. The van der Waals surface area contributed by atoms with Crippen molar-refractivity contribution in [1.29, 1.82) is 0 Å². The van der Waals surface area contributed by atoms with Gasteiger partial charge in [-0.2, -0.15) is 0 Å². The molecule has 8 nitrogen and oxygen atoms in total. The first kappa shape index (κ1) is 24.3. The summed E-state index contributed by atoms with van der Waals surface area (Å²) in [6.45, 7) is 2.50. The quantitative estimate of drug-likeness (QED) is 0.577. The van der Waals surface area contributed by atoms with Crippen LogP contribution in [0.2, 0.25) is 5.02 Å². The number of rotatable bonds is 8. The van der Waals surface area contributed by atoms with E-state index in [0.717, 1.165) is 87.5 Å². The van der Waals surface area contributed by atoms with E-state index in [1.165, 1.54) is 6.26 Å². The molecule has 4 rings (SSSR count). The molecule has 2 aromatic heterocycles. The van der Waals surface area contributed by atoms with Gasteiger partial charge in [0.2, 0.25) is 10.0 Å². The summed E-state index contributed by atoms with van der Waals surface area (Å²) in [7, 11) is -3.16. The lowest BCUT2D eigenvalue weighted by molar-refractivity contribution is 0.0699. The second-order valence-electron chi connectivity index (χ2n) is 9.19. The van der Waals surface area contributed by atoms with E-state index in [0.29, 0.717) is 16.9 Å². The normalized spacial score (nSPS) is 22.2. The van der Waals surface area contributed by atoms with Gasteiger partial charge in [0.1, 0.15) is 5.82 Å². The molecular formula is C23H32ClN5O3S. The van der Waals surface area contributed by atoms with Gasteiger partial charge in [-0.05, 0) is 62.8 Å². The van der Waals surface area contributed by atoms with Crippen LogP contribution in [0.5, 0.6) is 0 Å². The lowest BCUT2D eigenvalue weighted by Gasteiger charge is -2.28. The minimum absolute atomic E-state index is 0.0386. The predicted molar refractivity (Wildman–Crippen MR) is 130 cm³/mol. The highest BCUT2D eigenvalue weighted by molar-refractivity contribution is 7.88. The molecule has 0 amide bonds. The van der Waals surface area contributed by atoms with Crippen molar-refractivity contribution < 1.29 is 13.2 Å². The van der Waals surface area contributed by atoms with Gasteiger partial charge in [-0.15, -0.1) is 0 Å². The third-order valence-electron chi connectivity index (χ3n) is 6.46. The Bertz CT molecular complexity index is 1040. The van der Waals surface area contributed by atoms with Crippen LogP contribution >= 0.6 is 11.6 Å². The number of nitrogens with zero attached hydrogens (tertiary/aromatic N) is 3. The van der Waals surface area contributed by atoms with E-state index >= 15 is 0 Å². The molecule has 2 fully saturated rings. The van der Waals surface area contributed by atoms with Gasteiger partial charge in [0.15, 0.2) is 0 Å². The number of aromatic nitrogens is 3. The standard InChI is InChI=1S/C23H32ClN5O3S/c1-33(30,31)29-18-4-2-16(3-5-18)10-19-11-20(21(24)13-26-19)22-14-25-15-23(28-22)27-12-17-6-8-32-9-7-17/h11,13-18,29H,2-10,12H2,1H3,(H,27,28). The summed E-state index contributed by atoms with van der Waals surface area (Å²) in [4.78, 5) is 13.6. The summed E-state index contributed by atoms with van der Waals surface area (Å²) in [6.07, 6.45) is 13.0. The van der Waals surface area contributed by atoms with Crippen LogP contribution in [0, 0.1) is 11.8 Å². The Balaban J connectivity index is 1.38. The average Bonchev–Trinajstić information content (AvgIpc) is 2.80. The molecule has 10 heteroatoms. The molecule has 33 heavy (non-hydrogen) atoms. The monoisotopic (exact) mass is 493 g/mol. The lowest BCUT2D eigenvalue weighted by Crippen LogP contribution is -2.37. The van der Waals surface area contributed by atoms with Crippen molar-refractivity contribution in [2.75, 3.05) is 31.3 Å². The maximum absolute atomic E-state index is 11.5. The first-order valence-electron chi connectivity index (χ1n) is 11.6. The molecule has 0 spiro atoms. The van der Waals surface area contributed by atoms with E-state index in [-0.39, 0.29) is 6.04 Å². The first-order chi connectivity index (χ1) is 15.9. The van der Waals surface area contributed by atoms with Gasteiger partial charge in [0.05, 0.1) is 29.4 Å². The molecule has 2 aliphatic rings. The highest BCUT2D eigenvalue weighted by atomic mass is 35.5. The number of sulfonamides is 1. The smallest absolute Gasteiger partial charge is 0.208 e. The van der Waals surface area contributed by atoms with Gasteiger partial charge < -0.3 is 10.1 Å². The number of hydrogen-bond acceptors (Lipinski definition) is 7. The molecule has 1 aliphatic heterocycles. The van der Waals surface area contributed by atoms with Gasteiger partial charge in [-0.1, -0.05) is 11.6 Å². The summed E-state index contributed by atoms with van der Waals surface area (Å²) in [6, 6.07) is 2.05. The highest BCUT2D eigenvalue weighted by Crippen LogP contribution is 2.31. The first-order valence-corrected chi connectivity index (χ1v) is 13.9. The van der Waals surface area contributed by atoms with Crippen LogP contribution in [0.1, 0.15) is 44.2 Å². The van der Waals surface area contributed by atoms with Gasteiger partial charge in [0, 0.05) is 43.3 Å². The minimum Gasteiger partial charge on any atom is -0.381 e. The van der Waals surface area contributed by atoms with Crippen LogP contribution in [-0.4, -0.2) is 55.4 Å². The Morgan fingerprint density at radius 3 is 2.55 bits per heavy atom. The maximum atomic E-state index is 11.5. The Morgan fingerprint density at radius 2 is 1.82 bits per heavy atom. The van der Waals surface area contributed by atoms with Gasteiger partial charge >= 0.3 is 0 Å².